The summed E-state index contributed by atoms with van der Waals surface area (Å²) in [7, 11) is 0. The van der Waals surface area contributed by atoms with Crippen LogP contribution in [-0.2, 0) is 10.8 Å². The molecule has 2 atom stereocenters. The molecule has 228 valence electrons. The molecule has 2 aliphatic rings. The van der Waals surface area contributed by atoms with Crippen LogP contribution in [0.4, 0.5) is 0 Å². The van der Waals surface area contributed by atoms with Gasteiger partial charge in [-0.3, -0.25) is 0 Å². The Balaban J connectivity index is 1.13. The number of benzene rings is 2. The molecule has 4 rings (SSSR count). The smallest absolute Gasteiger partial charge is 0.115 e. The largest absolute Gasteiger partial charge is 0.508 e. The first-order valence-corrected chi connectivity index (χ1v) is 17.0. The molecule has 2 aromatic carbocycles. The molecule has 0 bridgehead atoms. The van der Waals surface area contributed by atoms with Crippen molar-refractivity contribution in [1.82, 2.24) is 9.80 Å². The van der Waals surface area contributed by atoms with Crippen molar-refractivity contribution in [2.24, 2.45) is 0 Å². The highest BCUT2D eigenvalue weighted by Crippen LogP contribution is 2.39. The molecule has 0 unspecified atom stereocenters. The minimum Gasteiger partial charge on any atom is -0.508 e. The SMILES string of the molecule is CC[C@]1(c2cccc(O)c2)CCCCN(CCCCCCCCCN2CCCC[C@@](CC)(c3cccc(O)c3)C2)C1. The molecule has 41 heavy (non-hydrogen) atoms. The van der Waals surface area contributed by atoms with Crippen molar-refractivity contribution in [2.75, 3.05) is 39.3 Å². The molecule has 2 N–H and O–H groups in total. The Morgan fingerprint density at radius 2 is 1.00 bits per heavy atom. The van der Waals surface area contributed by atoms with Gasteiger partial charge in [0.15, 0.2) is 0 Å². The van der Waals surface area contributed by atoms with Crippen LogP contribution in [0.1, 0.15) is 121 Å². The van der Waals surface area contributed by atoms with Gasteiger partial charge in [0.25, 0.3) is 0 Å². The normalized spacial score (nSPS) is 24.6. The molecule has 0 amide bonds. The summed E-state index contributed by atoms with van der Waals surface area (Å²) >= 11 is 0. The van der Waals surface area contributed by atoms with Crippen LogP contribution in [0.5, 0.6) is 11.5 Å². The average molecular weight is 563 g/mol. The van der Waals surface area contributed by atoms with E-state index in [1.54, 1.807) is 12.1 Å². The zero-order valence-corrected chi connectivity index (χ0v) is 26.3. The fraction of sp³-hybridized carbons (Fsp3) is 0.676. The van der Waals surface area contributed by atoms with E-state index >= 15 is 0 Å². The van der Waals surface area contributed by atoms with Crippen LogP contribution in [0, 0.1) is 0 Å². The quantitative estimate of drug-likeness (QED) is 0.226. The van der Waals surface area contributed by atoms with E-state index in [2.05, 4.69) is 35.8 Å². The van der Waals surface area contributed by atoms with Gasteiger partial charge in [0.1, 0.15) is 11.5 Å². The molecular weight excluding hydrogens is 504 g/mol. The molecule has 0 aromatic heterocycles. The molecule has 2 aromatic rings. The van der Waals surface area contributed by atoms with E-state index in [0.717, 1.165) is 25.9 Å². The Morgan fingerprint density at radius 1 is 0.585 bits per heavy atom. The van der Waals surface area contributed by atoms with Gasteiger partial charge in [-0.15, -0.1) is 0 Å². The number of rotatable bonds is 14. The predicted molar refractivity (Wildman–Crippen MR) is 173 cm³/mol. The van der Waals surface area contributed by atoms with E-state index in [9.17, 15) is 10.2 Å². The molecule has 2 heterocycles. The Bertz CT molecular complexity index is 960. The maximum absolute atomic E-state index is 10.1. The molecule has 0 saturated carbocycles. The highest BCUT2D eigenvalue weighted by atomic mass is 16.3. The lowest BCUT2D eigenvalue weighted by atomic mass is 9.74. The van der Waals surface area contributed by atoms with E-state index in [4.69, 9.17) is 0 Å². The summed E-state index contributed by atoms with van der Waals surface area (Å²) in [4.78, 5) is 5.43. The Labute approximate surface area is 251 Å². The molecule has 2 aliphatic heterocycles. The van der Waals surface area contributed by atoms with Crippen molar-refractivity contribution in [1.29, 1.82) is 0 Å². The van der Waals surface area contributed by atoms with Crippen molar-refractivity contribution in [3.63, 3.8) is 0 Å². The average Bonchev–Trinajstić information content (AvgIpc) is 3.34. The first-order valence-electron chi connectivity index (χ1n) is 17.0. The van der Waals surface area contributed by atoms with Crippen molar-refractivity contribution >= 4 is 0 Å². The van der Waals surface area contributed by atoms with Gasteiger partial charge in [0.2, 0.25) is 0 Å². The zero-order chi connectivity index (χ0) is 29.0. The van der Waals surface area contributed by atoms with Gasteiger partial charge in [-0.05, 0) is 113 Å². The number of phenolic OH excluding ortho intramolecular Hbond substituents is 2. The minimum absolute atomic E-state index is 0.183. The summed E-state index contributed by atoms with van der Waals surface area (Å²) in [6.45, 7) is 11.8. The molecular formula is C37H58N2O2. The maximum atomic E-state index is 10.1. The van der Waals surface area contributed by atoms with E-state index in [1.165, 1.54) is 121 Å². The summed E-state index contributed by atoms with van der Waals surface area (Å²) in [5.74, 6) is 0.805. The van der Waals surface area contributed by atoms with Gasteiger partial charge in [-0.1, -0.05) is 83.1 Å². The van der Waals surface area contributed by atoms with Gasteiger partial charge in [0, 0.05) is 23.9 Å². The van der Waals surface area contributed by atoms with Crippen molar-refractivity contribution in [2.45, 2.75) is 121 Å². The second-order valence-corrected chi connectivity index (χ2v) is 13.3. The Hall–Kier alpha value is -2.04. The highest BCUT2D eigenvalue weighted by Gasteiger charge is 2.35. The predicted octanol–water partition coefficient (Wildman–Crippen LogP) is 8.80. The summed E-state index contributed by atoms with van der Waals surface area (Å²) in [6.07, 6.45) is 19.3. The second kappa shape index (κ2) is 16.0. The molecule has 0 aliphatic carbocycles. The van der Waals surface area contributed by atoms with E-state index < -0.39 is 0 Å². The number of likely N-dealkylation sites (tertiary alicyclic amines) is 2. The maximum Gasteiger partial charge on any atom is 0.115 e. The van der Waals surface area contributed by atoms with Gasteiger partial charge >= 0.3 is 0 Å². The lowest BCUT2D eigenvalue weighted by molar-refractivity contribution is 0.212. The van der Waals surface area contributed by atoms with Crippen LogP contribution in [-0.4, -0.2) is 59.3 Å². The molecule has 0 radical (unpaired) electrons. The minimum atomic E-state index is 0.183. The fourth-order valence-corrected chi connectivity index (χ4v) is 7.83. The third-order valence-corrected chi connectivity index (χ3v) is 10.5. The standard InChI is InChI=1S/C37H58N2O2/c1-3-36(32-18-16-20-34(40)28-32)22-10-14-26-38(30-36)24-12-8-6-5-7-9-13-25-39-27-15-11-23-37(4-2,31-39)33-19-17-21-35(41)29-33/h16-21,28-29,40-41H,3-15,22-27,30-31H2,1-2H3/t36-,37+. The van der Waals surface area contributed by atoms with Crippen LogP contribution >= 0.6 is 0 Å². The fourth-order valence-electron chi connectivity index (χ4n) is 7.83. The van der Waals surface area contributed by atoms with Crippen molar-refractivity contribution in [3.8, 4) is 11.5 Å². The summed E-state index contributed by atoms with van der Waals surface area (Å²) in [5.41, 5.74) is 3.02. The second-order valence-electron chi connectivity index (χ2n) is 13.3. The Kier molecular flexibility index (Phi) is 12.4. The number of nitrogens with zero attached hydrogens (tertiary/aromatic N) is 2. The molecule has 4 heteroatoms. The third-order valence-electron chi connectivity index (χ3n) is 10.5. The molecule has 2 saturated heterocycles. The van der Waals surface area contributed by atoms with Crippen LogP contribution in [0.3, 0.4) is 0 Å². The van der Waals surface area contributed by atoms with E-state index in [-0.39, 0.29) is 10.8 Å². The number of phenols is 2. The first-order chi connectivity index (χ1) is 20.0. The van der Waals surface area contributed by atoms with Gasteiger partial charge in [0.05, 0.1) is 0 Å². The van der Waals surface area contributed by atoms with Crippen molar-refractivity contribution < 1.29 is 10.2 Å². The van der Waals surface area contributed by atoms with Gasteiger partial charge < -0.3 is 20.0 Å². The summed E-state index contributed by atoms with van der Waals surface area (Å²) in [5, 5.41) is 20.2. The molecule has 2 fully saturated rings. The number of unbranched alkanes of at least 4 members (excludes halogenated alkanes) is 6. The summed E-state index contributed by atoms with van der Waals surface area (Å²) < 4.78 is 0. The van der Waals surface area contributed by atoms with Crippen LogP contribution < -0.4 is 0 Å². The number of hydrogen-bond donors (Lipinski definition) is 2. The monoisotopic (exact) mass is 562 g/mol. The Morgan fingerprint density at radius 3 is 1.39 bits per heavy atom. The van der Waals surface area contributed by atoms with Gasteiger partial charge in [-0.25, -0.2) is 0 Å². The zero-order valence-electron chi connectivity index (χ0n) is 26.3. The van der Waals surface area contributed by atoms with E-state index in [1.807, 2.05) is 24.3 Å². The molecule has 4 nitrogen and oxygen atoms in total. The van der Waals surface area contributed by atoms with Crippen LogP contribution in [0.25, 0.3) is 0 Å². The first kappa shape index (κ1) is 31.9. The van der Waals surface area contributed by atoms with Crippen LogP contribution in [0.2, 0.25) is 0 Å². The molecule has 0 spiro atoms. The topological polar surface area (TPSA) is 46.9 Å². The number of aromatic hydroxyl groups is 2. The van der Waals surface area contributed by atoms with Crippen molar-refractivity contribution in [3.05, 3.63) is 59.7 Å². The van der Waals surface area contributed by atoms with Crippen LogP contribution in [0.15, 0.2) is 48.5 Å². The third kappa shape index (κ3) is 8.97. The highest BCUT2D eigenvalue weighted by molar-refractivity contribution is 5.34. The number of hydrogen-bond acceptors (Lipinski definition) is 4. The van der Waals surface area contributed by atoms with Gasteiger partial charge in [-0.2, -0.15) is 0 Å². The lowest BCUT2D eigenvalue weighted by Gasteiger charge is -2.36. The summed E-state index contributed by atoms with van der Waals surface area (Å²) in [6, 6.07) is 16.1. The van der Waals surface area contributed by atoms with E-state index in [0.29, 0.717) is 11.5 Å². The lowest BCUT2D eigenvalue weighted by Crippen LogP contribution is -2.39.